The Morgan fingerprint density at radius 2 is 2.18 bits per heavy atom. The summed E-state index contributed by atoms with van der Waals surface area (Å²) in [5.41, 5.74) is 11.2. The molecule has 0 fully saturated rings. The first-order chi connectivity index (χ1) is 10.5. The molecule has 22 heavy (non-hydrogen) atoms. The summed E-state index contributed by atoms with van der Waals surface area (Å²) in [6.45, 7) is 0. The number of carboxylic acid groups (broad SMARTS) is 1. The number of hydrogen-bond donors (Lipinski definition) is 5. The van der Waals surface area contributed by atoms with Gasteiger partial charge in [0.25, 0.3) is 0 Å². The van der Waals surface area contributed by atoms with E-state index in [1.54, 1.807) is 24.4 Å². The number of aliphatic hydroxyl groups is 1. The molecule has 8 nitrogen and oxygen atoms in total. The van der Waals surface area contributed by atoms with Crippen molar-refractivity contribution < 1.29 is 19.8 Å². The number of carbonyl (C=O) groups excluding carboxylic acids is 1. The van der Waals surface area contributed by atoms with E-state index < -0.39 is 23.7 Å². The zero-order chi connectivity index (χ0) is 16.1. The first kappa shape index (κ1) is 15.5. The van der Waals surface area contributed by atoms with Crippen LogP contribution >= 0.6 is 0 Å². The standard InChI is InChI=1S/C14H16N4O4/c15-9(14(21)22)5-8-6-10(12(20)7-11(8)19)17-18-13-3-1-2-4-16-13/h1-4,6-9,17,20H,5,15H2,(H,16,18)(H,21,22)/t8-,9-/m0/s1. The van der Waals surface area contributed by atoms with Crippen LogP contribution in [0.1, 0.15) is 6.42 Å². The highest BCUT2D eigenvalue weighted by Crippen LogP contribution is 2.21. The van der Waals surface area contributed by atoms with Gasteiger partial charge in [0.05, 0.1) is 5.70 Å². The molecule has 6 N–H and O–H groups in total. The summed E-state index contributed by atoms with van der Waals surface area (Å²) in [4.78, 5) is 26.6. The lowest BCUT2D eigenvalue weighted by atomic mass is 9.91. The SMILES string of the molecule is N[C@@H](C[C@H]1C=C(NNc2ccccn2)C(O)=CC1=O)C(=O)O. The fourth-order valence-corrected chi connectivity index (χ4v) is 1.92. The van der Waals surface area contributed by atoms with Crippen molar-refractivity contribution in [3.63, 3.8) is 0 Å². The van der Waals surface area contributed by atoms with Crippen molar-refractivity contribution in [1.29, 1.82) is 0 Å². The summed E-state index contributed by atoms with van der Waals surface area (Å²) in [6, 6.07) is 4.09. The Hall–Kier alpha value is -2.87. The summed E-state index contributed by atoms with van der Waals surface area (Å²) >= 11 is 0. The molecule has 1 aliphatic carbocycles. The number of hydrogen-bond acceptors (Lipinski definition) is 7. The largest absolute Gasteiger partial charge is 0.506 e. The van der Waals surface area contributed by atoms with Crippen LogP contribution in [0, 0.1) is 5.92 Å². The minimum atomic E-state index is -1.18. The van der Waals surface area contributed by atoms with Crippen LogP contribution < -0.4 is 16.6 Å². The fourth-order valence-electron chi connectivity index (χ4n) is 1.92. The van der Waals surface area contributed by atoms with Crippen LogP contribution in [-0.2, 0) is 9.59 Å². The predicted octanol–water partition coefficient (Wildman–Crippen LogP) is 0.325. The topological polar surface area (TPSA) is 138 Å². The van der Waals surface area contributed by atoms with Crippen molar-refractivity contribution in [2.75, 3.05) is 5.43 Å². The minimum Gasteiger partial charge on any atom is -0.506 e. The molecule has 0 saturated carbocycles. The van der Waals surface area contributed by atoms with Gasteiger partial charge in [-0.1, -0.05) is 6.07 Å². The monoisotopic (exact) mass is 304 g/mol. The van der Waals surface area contributed by atoms with E-state index in [0.717, 1.165) is 6.08 Å². The Morgan fingerprint density at radius 1 is 1.41 bits per heavy atom. The Kier molecular flexibility index (Phi) is 4.74. The van der Waals surface area contributed by atoms with E-state index in [2.05, 4.69) is 15.8 Å². The third-order valence-corrected chi connectivity index (χ3v) is 3.10. The molecular formula is C14H16N4O4. The minimum absolute atomic E-state index is 0.0489. The average Bonchev–Trinajstić information content (AvgIpc) is 2.49. The summed E-state index contributed by atoms with van der Waals surface area (Å²) in [5.74, 6) is -2.01. The number of aliphatic hydroxyl groups excluding tert-OH is 1. The zero-order valence-electron chi connectivity index (χ0n) is 11.6. The lowest BCUT2D eigenvalue weighted by Crippen LogP contribution is -2.35. The van der Waals surface area contributed by atoms with Crippen molar-refractivity contribution in [1.82, 2.24) is 10.4 Å². The number of anilines is 1. The van der Waals surface area contributed by atoms with E-state index in [-0.39, 0.29) is 17.9 Å². The fraction of sp³-hybridized carbons (Fsp3) is 0.214. The van der Waals surface area contributed by atoms with E-state index in [1.807, 2.05) is 0 Å². The normalized spacial score (nSPS) is 19.0. The quantitative estimate of drug-likeness (QED) is 0.474. The molecule has 0 saturated heterocycles. The number of nitrogens with one attached hydrogen (secondary N) is 2. The predicted molar refractivity (Wildman–Crippen MR) is 78.5 cm³/mol. The van der Waals surface area contributed by atoms with Crippen molar-refractivity contribution in [3.8, 4) is 0 Å². The number of allylic oxidation sites excluding steroid dienone is 2. The van der Waals surface area contributed by atoms with Crippen LogP contribution in [0.3, 0.4) is 0 Å². The molecule has 1 aromatic rings. The van der Waals surface area contributed by atoms with Crippen LogP contribution in [0.4, 0.5) is 5.82 Å². The van der Waals surface area contributed by atoms with E-state index in [4.69, 9.17) is 10.8 Å². The Balaban J connectivity index is 2.06. The highest BCUT2D eigenvalue weighted by Gasteiger charge is 2.26. The highest BCUT2D eigenvalue weighted by atomic mass is 16.4. The Labute approximate surface area is 126 Å². The van der Waals surface area contributed by atoms with Crippen molar-refractivity contribution >= 4 is 17.6 Å². The molecular weight excluding hydrogens is 288 g/mol. The number of aromatic nitrogens is 1. The second-order valence-corrected chi connectivity index (χ2v) is 4.76. The van der Waals surface area contributed by atoms with Gasteiger partial charge in [0.15, 0.2) is 5.78 Å². The molecule has 0 spiro atoms. The van der Waals surface area contributed by atoms with Crippen molar-refractivity contribution in [3.05, 3.63) is 48.0 Å². The van der Waals surface area contributed by atoms with Crippen LogP contribution in [0.25, 0.3) is 0 Å². The maximum absolute atomic E-state index is 11.8. The molecule has 1 aromatic heterocycles. The number of rotatable bonds is 6. The lowest BCUT2D eigenvalue weighted by molar-refractivity contribution is -0.138. The van der Waals surface area contributed by atoms with Gasteiger partial charge >= 0.3 is 5.97 Å². The van der Waals surface area contributed by atoms with Gasteiger partial charge in [-0.15, -0.1) is 0 Å². The molecule has 0 unspecified atom stereocenters. The third-order valence-electron chi connectivity index (χ3n) is 3.10. The smallest absolute Gasteiger partial charge is 0.320 e. The van der Waals surface area contributed by atoms with E-state index in [0.29, 0.717) is 5.82 Å². The second kappa shape index (κ2) is 6.72. The van der Waals surface area contributed by atoms with Crippen LogP contribution in [-0.4, -0.2) is 33.0 Å². The van der Waals surface area contributed by atoms with Gasteiger partial charge in [0, 0.05) is 18.2 Å². The van der Waals surface area contributed by atoms with Crippen LogP contribution in [0.5, 0.6) is 0 Å². The number of carboxylic acids is 1. The molecule has 1 aliphatic rings. The first-order valence-corrected chi connectivity index (χ1v) is 6.55. The molecule has 2 rings (SSSR count). The van der Waals surface area contributed by atoms with Crippen molar-refractivity contribution in [2.45, 2.75) is 12.5 Å². The zero-order valence-corrected chi connectivity index (χ0v) is 11.6. The number of pyridine rings is 1. The van der Waals surface area contributed by atoms with Gasteiger partial charge in [0.2, 0.25) is 0 Å². The van der Waals surface area contributed by atoms with Gasteiger partial charge in [-0.3, -0.25) is 20.4 Å². The number of nitrogens with two attached hydrogens (primary N) is 1. The van der Waals surface area contributed by atoms with Crippen LogP contribution in [0.2, 0.25) is 0 Å². The summed E-state index contributed by atoms with van der Waals surface area (Å²) in [7, 11) is 0. The second-order valence-electron chi connectivity index (χ2n) is 4.76. The molecule has 2 atom stereocenters. The molecule has 8 heteroatoms. The Bertz CT molecular complexity index is 627. The summed E-state index contributed by atoms with van der Waals surface area (Å²) < 4.78 is 0. The number of nitrogens with zero attached hydrogens (tertiary/aromatic N) is 1. The lowest BCUT2D eigenvalue weighted by Gasteiger charge is -2.20. The number of hydrazine groups is 1. The van der Waals surface area contributed by atoms with Crippen molar-refractivity contribution in [2.24, 2.45) is 11.7 Å². The maximum atomic E-state index is 11.8. The first-order valence-electron chi connectivity index (χ1n) is 6.55. The van der Waals surface area contributed by atoms with Gasteiger partial charge in [0.1, 0.15) is 17.6 Å². The van der Waals surface area contributed by atoms with Crippen LogP contribution in [0.15, 0.2) is 48.0 Å². The van der Waals surface area contributed by atoms with E-state index in [9.17, 15) is 14.7 Å². The number of ketones is 1. The molecule has 116 valence electrons. The van der Waals surface area contributed by atoms with E-state index >= 15 is 0 Å². The Morgan fingerprint density at radius 3 is 2.82 bits per heavy atom. The maximum Gasteiger partial charge on any atom is 0.320 e. The molecule has 0 aliphatic heterocycles. The van der Waals surface area contributed by atoms with E-state index in [1.165, 1.54) is 6.08 Å². The van der Waals surface area contributed by atoms with Gasteiger partial charge in [-0.2, -0.15) is 0 Å². The number of carbonyl (C=O) groups is 2. The highest BCUT2D eigenvalue weighted by molar-refractivity contribution is 5.95. The average molecular weight is 304 g/mol. The third kappa shape index (κ3) is 3.83. The summed E-state index contributed by atoms with van der Waals surface area (Å²) in [6.07, 6.45) is 4.03. The summed E-state index contributed by atoms with van der Waals surface area (Å²) in [5, 5.41) is 18.6. The molecule has 0 bridgehead atoms. The van der Waals surface area contributed by atoms with Gasteiger partial charge in [-0.25, -0.2) is 4.98 Å². The molecule has 0 aromatic carbocycles. The molecule has 0 amide bonds. The van der Waals surface area contributed by atoms with Gasteiger partial charge < -0.3 is 15.9 Å². The molecule has 0 radical (unpaired) electrons. The van der Waals surface area contributed by atoms with Gasteiger partial charge in [-0.05, 0) is 24.6 Å². The molecule has 1 heterocycles. The number of aliphatic carboxylic acids is 1.